The number of aromatic nitrogens is 2. The van der Waals surface area contributed by atoms with Crippen LogP contribution in [0.2, 0.25) is 0 Å². The van der Waals surface area contributed by atoms with E-state index in [1.54, 1.807) is 10.3 Å². The van der Waals surface area contributed by atoms with Crippen LogP contribution in [0.3, 0.4) is 0 Å². The van der Waals surface area contributed by atoms with Gasteiger partial charge in [-0.25, -0.2) is 0 Å². The van der Waals surface area contributed by atoms with E-state index >= 15 is 0 Å². The zero-order valence-corrected chi connectivity index (χ0v) is 24.0. The van der Waals surface area contributed by atoms with Crippen molar-refractivity contribution in [2.45, 2.75) is 27.7 Å². The lowest BCUT2D eigenvalue weighted by Gasteiger charge is -2.23. The molecule has 0 saturated heterocycles. The van der Waals surface area contributed by atoms with Gasteiger partial charge in [0, 0.05) is 33.9 Å². The molecule has 2 N–H and O–H groups in total. The van der Waals surface area contributed by atoms with Crippen LogP contribution >= 0.6 is 0 Å². The van der Waals surface area contributed by atoms with Crippen LogP contribution in [0.15, 0.2) is 109 Å². The molecule has 0 atom stereocenters. The molecule has 0 amide bonds. The van der Waals surface area contributed by atoms with Crippen molar-refractivity contribution in [3.63, 3.8) is 0 Å². The molecule has 0 saturated carbocycles. The van der Waals surface area contributed by atoms with Crippen molar-refractivity contribution >= 4 is 22.9 Å². The normalized spacial score (nSPS) is 14.2. The van der Waals surface area contributed by atoms with Crippen molar-refractivity contribution in [3.05, 3.63) is 143 Å². The Bertz CT molecular complexity index is 1670. The van der Waals surface area contributed by atoms with Crippen molar-refractivity contribution in [2.24, 2.45) is 0 Å². The fourth-order valence-electron chi connectivity index (χ4n) is 5.59. The number of para-hydroxylation sites is 4. The topological polar surface area (TPSA) is 58.9 Å². The standard InChI is InChI=1S/C34H32N6O2/c1-23-13-14-24(2)37(23)29-9-5-7-11-31(29)39-35-21-33(41-39)27-17-19-28(20-18-27)34-22-36-40(42-34)32-12-8-6-10-30(32)38-25(3)15-16-26(38)4/h5-22,35-36H,1-4H3. The summed E-state index contributed by atoms with van der Waals surface area (Å²) in [6, 6.07) is 33.0. The number of anilines is 2. The summed E-state index contributed by atoms with van der Waals surface area (Å²) in [6.07, 6.45) is 3.75. The molecule has 42 heavy (non-hydrogen) atoms. The highest BCUT2D eigenvalue weighted by Crippen LogP contribution is 2.34. The first kappa shape index (κ1) is 25.5. The number of nitrogens with zero attached hydrogens (tertiary/aromatic N) is 4. The minimum Gasteiger partial charge on any atom is -0.357 e. The highest BCUT2D eigenvalue weighted by Gasteiger charge is 2.24. The van der Waals surface area contributed by atoms with E-state index in [9.17, 15) is 0 Å². The first-order valence-electron chi connectivity index (χ1n) is 14.0. The number of rotatable bonds is 6. The second-order valence-corrected chi connectivity index (χ2v) is 10.5. The van der Waals surface area contributed by atoms with E-state index < -0.39 is 0 Å². The number of nitrogens with one attached hydrogen (secondary N) is 2. The Balaban J connectivity index is 1.06. The number of hydrazine groups is 2. The summed E-state index contributed by atoms with van der Waals surface area (Å²) in [7, 11) is 0. The molecular formula is C34H32N6O2. The van der Waals surface area contributed by atoms with Gasteiger partial charge in [0.2, 0.25) is 0 Å². The highest BCUT2D eigenvalue weighted by molar-refractivity contribution is 5.71. The van der Waals surface area contributed by atoms with Gasteiger partial charge in [0.1, 0.15) is 11.4 Å². The lowest BCUT2D eigenvalue weighted by molar-refractivity contribution is 0.242. The summed E-state index contributed by atoms with van der Waals surface area (Å²) < 4.78 is 4.44. The second kappa shape index (κ2) is 10.2. The van der Waals surface area contributed by atoms with Gasteiger partial charge in [-0.3, -0.25) is 10.9 Å². The van der Waals surface area contributed by atoms with Crippen LogP contribution in [0.4, 0.5) is 11.4 Å². The third-order valence-corrected chi connectivity index (χ3v) is 7.68. The zero-order chi connectivity index (χ0) is 28.8. The minimum atomic E-state index is 0.727. The quantitative estimate of drug-likeness (QED) is 0.235. The van der Waals surface area contributed by atoms with Crippen molar-refractivity contribution in [1.29, 1.82) is 0 Å². The lowest BCUT2D eigenvalue weighted by Crippen LogP contribution is -2.29. The van der Waals surface area contributed by atoms with Crippen LogP contribution in [-0.4, -0.2) is 9.13 Å². The fourth-order valence-corrected chi connectivity index (χ4v) is 5.59. The average Bonchev–Trinajstić information content (AvgIpc) is 3.82. The molecule has 4 heterocycles. The highest BCUT2D eigenvalue weighted by atomic mass is 16.7. The Morgan fingerprint density at radius 2 is 0.762 bits per heavy atom. The molecule has 8 heteroatoms. The lowest BCUT2D eigenvalue weighted by atomic mass is 10.1. The predicted molar refractivity (Wildman–Crippen MR) is 166 cm³/mol. The summed E-state index contributed by atoms with van der Waals surface area (Å²) >= 11 is 0. The Morgan fingerprint density at radius 1 is 0.429 bits per heavy atom. The van der Waals surface area contributed by atoms with E-state index in [1.165, 1.54) is 0 Å². The number of benzene rings is 3. The maximum absolute atomic E-state index is 6.26. The molecule has 7 rings (SSSR count). The van der Waals surface area contributed by atoms with Gasteiger partial charge in [0.25, 0.3) is 0 Å². The molecule has 0 radical (unpaired) electrons. The van der Waals surface area contributed by atoms with Gasteiger partial charge in [-0.1, -0.05) is 48.5 Å². The molecule has 2 aliphatic rings. The van der Waals surface area contributed by atoms with Gasteiger partial charge in [-0.15, -0.1) is 10.3 Å². The SMILES string of the molecule is Cc1ccc(C)n1-c1ccccc1N1NC=C(c2ccc(C3=CNN(c4ccccc4-n4c(C)ccc4C)O3)cc2)O1. The van der Waals surface area contributed by atoms with Crippen molar-refractivity contribution < 1.29 is 9.68 Å². The Labute approximate surface area is 245 Å². The van der Waals surface area contributed by atoms with E-state index in [4.69, 9.17) is 9.68 Å². The van der Waals surface area contributed by atoms with E-state index in [1.807, 2.05) is 73.1 Å². The first-order chi connectivity index (χ1) is 20.5. The molecule has 2 aromatic heterocycles. The van der Waals surface area contributed by atoms with Crippen LogP contribution in [0.25, 0.3) is 22.9 Å². The van der Waals surface area contributed by atoms with Gasteiger partial charge in [0.15, 0.2) is 11.5 Å². The summed E-state index contributed by atoms with van der Waals surface area (Å²) in [4.78, 5) is 12.5. The van der Waals surface area contributed by atoms with Crippen molar-refractivity contribution in [2.75, 3.05) is 10.3 Å². The van der Waals surface area contributed by atoms with Crippen LogP contribution in [0.5, 0.6) is 0 Å². The largest absolute Gasteiger partial charge is 0.357 e. The monoisotopic (exact) mass is 556 g/mol. The molecular weight excluding hydrogens is 524 g/mol. The summed E-state index contributed by atoms with van der Waals surface area (Å²) in [5.74, 6) is 1.45. The van der Waals surface area contributed by atoms with Gasteiger partial charge in [0.05, 0.1) is 23.8 Å². The van der Waals surface area contributed by atoms with Crippen LogP contribution < -0.4 is 21.2 Å². The van der Waals surface area contributed by atoms with Gasteiger partial charge in [-0.05, 0) is 76.2 Å². The molecule has 8 nitrogen and oxygen atoms in total. The molecule has 0 spiro atoms. The summed E-state index contributed by atoms with van der Waals surface area (Å²) in [5.41, 5.74) is 17.0. The van der Waals surface area contributed by atoms with E-state index in [0.717, 1.165) is 68.2 Å². The van der Waals surface area contributed by atoms with Crippen LogP contribution in [0, 0.1) is 27.7 Å². The third-order valence-electron chi connectivity index (χ3n) is 7.68. The number of hydrogen-bond donors (Lipinski definition) is 2. The molecule has 0 unspecified atom stereocenters. The van der Waals surface area contributed by atoms with Gasteiger partial charge >= 0.3 is 0 Å². The van der Waals surface area contributed by atoms with Crippen molar-refractivity contribution in [3.8, 4) is 11.4 Å². The number of hydrogen-bond acceptors (Lipinski definition) is 6. The zero-order valence-electron chi connectivity index (χ0n) is 24.0. The Hall–Kier alpha value is -5.50. The molecule has 2 aliphatic heterocycles. The molecule has 3 aromatic carbocycles. The minimum absolute atomic E-state index is 0.727. The fraction of sp³-hybridized carbons (Fsp3) is 0.118. The van der Waals surface area contributed by atoms with Crippen LogP contribution in [-0.2, 0) is 9.68 Å². The maximum Gasteiger partial charge on any atom is 0.182 e. The van der Waals surface area contributed by atoms with E-state index in [0.29, 0.717) is 0 Å². The molecule has 0 aliphatic carbocycles. The Morgan fingerprint density at radius 3 is 1.12 bits per heavy atom. The van der Waals surface area contributed by atoms with Gasteiger partial charge in [-0.2, -0.15) is 0 Å². The first-order valence-corrected chi connectivity index (χ1v) is 14.0. The second-order valence-electron chi connectivity index (χ2n) is 10.5. The summed E-state index contributed by atoms with van der Waals surface area (Å²) in [6.45, 7) is 8.42. The third kappa shape index (κ3) is 4.34. The molecule has 0 fully saturated rings. The molecule has 0 bridgehead atoms. The van der Waals surface area contributed by atoms with E-state index in [-0.39, 0.29) is 0 Å². The van der Waals surface area contributed by atoms with Crippen molar-refractivity contribution in [1.82, 2.24) is 20.0 Å². The predicted octanol–water partition coefficient (Wildman–Crippen LogP) is 7.01. The molecule has 5 aromatic rings. The molecule has 210 valence electrons. The summed E-state index contributed by atoms with van der Waals surface area (Å²) in [5, 5.41) is 3.40. The smallest absolute Gasteiger partial charge is 0.182 e. The van der Waals surface area contributed by atoms with Crippen LogP contribution in [0.1, 0.15) is 33.9 Å². The number of aryl methyl sites for hydroxylation is 4. The average molecular weight is 557 g/mol. The maximum atomic E-state index is 6.26. The van der Waals surface area contributed by atoms with Gasteiger partial charge < -0.3 is 18.8 Å². The van der Waals surface area contributed by atoms with E-state index in [2.05, 4.69) is 84.1 Å². The Kier molecular flexibility index (Phi) is 6.16.